The Bertz CT molecular complexity index is 329. The first-order valence-electron chi connectivity index (χ1n) is 3.60. The van der Waals surface area contributed by atoms with Crippen molar-refractivity contribution in [2.75, 3.05) is 0 Å². The molecule has 0 radical (unpaired) electrons. The number of hydrogen-bond donors (Lipinski definition) is 1. The zero-order valence-electron chi connectivity index (χ0n) is 6.66. The van der Waals surface area contributed by atoms with E-state index in [2.05, 4.69) is 15.9 Å². The van der Waals surface area contributed by atoms with E-state index in [4.69, 9.17) is 5.11 Å². The number of carbonyl (C=O) groups excluding carboxylic acids is 1. The normalized spacial score (nSPS) is 9.62. The lowest BCUT2D eigenvalue weighted by Gasteiger charge is -1.97. The van der Waals surface area contributed by atoms with Gasteiger partial charge in [0.2, 0.25) is 0 Å². The number of ketones is 1. The molecule has 0 fully saturated rings. The maximum absolute atomic E-state index is 11.2. The number of aliphatic carboxylic acids is 1. The SMILES string of the molecule is O=C(O)CC(=O)c1ccc(Br)cc1. The van der Waals surface area contributed by atoms with Crippen LogP contribution in [0.2, 0.25) is 0 Å². The third kappa shape index (κ3) is 2.99. The highest BCUT2D eigenvalue weighted by Gasteiger charge is 2.09. The van der Waals surface area contributed by atoms with Crippen LogP contribution in [-0.4, -0.2) is 16.9 Å². The summed E-state index contributed by atoms with van der Waals surface area (Å²) in [5, 5.41) is 8.37. The van der Waals surface area contributed by atoms with Gasteiger partial charge in [-0.05, 0) is 12.1 Å². The van der Waals surface area contributed by atoms with Crippen molar-refractivity contribution >= 4 is 27.7 Å². The molecule has 68 valence electrons. The number of carbonyl (C=O) groups is 2. The molecule has 4 heteroatoms. The summed E-state index contributed by atoms with van der Waals surface area (Å²) in [5.74, 6) is -1.48. The van der Waals surface area contributed by atoms with Crippen molar-refractivity contribution in [3.05, 3.63) is 34.3 Å². The van der Waals surface area contributed by atoms with Crippen molar-refractivity contribution in [3.63, 3.8) is 0 Å². The Kier molecular flexibility index (Phi) is 3.19. The van der Waals surface area contributed by atoms with Crippen LogP contribution in [0.3, 0.4) is 0 Å². The minimum Gasteiger partial charge on any atom is -0.481 e. The number of hydrogen-bond acceptors (Lipinski definition) is 2. The summed E-state index contributed by atoms with van der Waals surface area (Å²) in [5.41, 5.74) is 0.422. The maximum Gasteiger partial charge on any atom is 0.311 e. The second kappa shape index (κ2) is 4.18. The van der Waals surface area contributed by atoms with Crippen molar-refractivity contribution < 1.29 is 14.7 Å². The summed E-state index contributed by atoms with van der Waals surface area (Å²) in [4.78, 5) is 21.4. The summed E-state index contributed by atoms with van der Waals surface area (Å²) in [6, 6.07) is 6.59. The van der Waals surface area contributed by atoms with Crippen LogP contribution >= 0.6 is 15.9 Å². The van der Waals surface area contributed by atoms with Gasteiger partial charge in [-0.3, -0.25) is 9.59 Å². The summed E-state index contributed by atoms with van der Waals surface area (Å²) in [7, 11) is 0. The molecule has 0 saturated heterocycles. The van der Waals surface area contributed by atoms with Crippen LogP contribution in [-0.2, 0) is 4.79 Å². The molecule has 0 saturated carbocycles. The zero-order valence-corrected chi connectivity index (χ0v) is 8.24. The molecule has 0 spiro atoms. The molecule has 0 bridgehead atoms. The van der Waals surface area contributed by atoms with Crippen LogP contribution in [0.25, 0.3) is 0 Å². The van der Waals surface area contributed by atoms with E-state index in [1.165, 1.54) is 0 Å². The van der Waals surface area contributed by atoms with Gasteiger partial charge < -0.3 is 5.11 Å². The molecule has 1 rings (SSSR count). The van der Waals surface area contributed by atoms with E-state index in [0.717, 1.165) is 4.47 Å². The topological polar surface area (TPSA) is 54.4 Å². The minimum absolute atomic E-state index is 0.375. The highest BCUT2D eigenvalue weighted by molar-refractivity contribution is 9.10. The standard InChI is InChI=1S/C9H7BrO3/c10-7-3-1-6(2-4-7)8(11)5-9(12)13/h1-4H,5H2,(H,12,13). The molecule has 1 N–H and O–H groups in total. The molecular weight excluding hydrogens is 236 g/mol. The van der Waals surface area contributed by atoms with E-state index in [1.807, 2.05) is 0 Å². The number of rotatable bonds is 3. The van der Waals surface area contributed by atoms with E-state index < -0.39 is 12.4 Å². The van der Waals surface area contributed by atoms with E-state index in [9.17, 15) is 9.59 Å². The first-order valence-corrected chi connectivity index (χ1v) is 4.39. The molecule has 0 atom stereocenters. The molecular formula is C9H7BrO3. The lowest BCUT2D eigenvalue weighted by atomic mass is 10.1. The Morgan fingerprint density at radius 1 is 1.23 bits per heavy atom. The second-order valence-corrected chi connectivity index (χ2v) is 3.42. The highest BCUT2D eigenvalue weighted by Crippen LogP contribution is 2.11. The van der Waals surface area contributed by atoms with Gasteiger partial charge in [-0.25, -0.2) is 0 Å². The van der Waals surface area contributed by atoms with Gasteiger partial charge in [-0.2, -0.15) is 0 Å². The average molecular weight is 243 g/mol. The fourth-order valence-electron chi connectivity index (χ4n) is 0.875. The summed E-state index contributed by atoms with van der Waals surface area (Å²) in [6.07, 6.45) is -0.457. The number of carboxylic acid groups (broad SMARTS) is 1. The molecule has 0 aliphatic heterocycles. The molecule has 13 heavy (non-hydrogen) atoms. The molecule has 0 unspecified atom stereocenters. The van der Waals surface area contributed by atoms with Gasteiger partial charge in [0.05, 0.1) is 0 Å². The van der Waals surface area contributed by atoms with E-state index in [0.29, 0.717) is 5.56 Å². The first kappa shape index (κ1) is 9.92. The Labute approximate surface area is 83.5 Å². The van der Waals surface area contributed by atoms with Crippen LogP contribution in [0.5, 0.6) is 0 Å². The van der Waals surface area contributed by atoms with Gasteiger partial charge in [0, 0.05) is 10.0 Å². The van der Waals surface area contributed by atoms with Crippen molar-refractivity contribution in [3.8, 4) is 0 Å². The van der Waals surface area contributed by atoms with Gasteiger partial charge in [0.1, 0.15) is 6.42 Å². The van der Waals surface area contributed by atoms with E-state index in [1.54, 1.807) is 24.3 Å². The number of halogens is 1. The van der Waals surface area contributed by atoms with Crippen molar-refractivity contribution in [2.24, 2.45) is 0 Å². The van der Waals surface area contributed by atoms with Crippen LogP contribution in [0.1, 0.15) is 16.8 Å². The average Bonchev–Trinajstić information content (AvgIpc) is 2.04. The summed E-state index contributed by atoms with van der Waals surface area (Å²) in [6.45, 7) is 0. The van der Waals surface area contributed by atoms with Crippen molar-refractivity contribution in [1.82, 2.24) is 0 Å². The fraction of sp³-hybridized carbons (Fsp3) is 0.111. The van der Waals surface area contributed by atoms with Crippen molar-refractivity contribution in [1.29, 1.82) is 0 Å². The van der Waals surface area contributed by atoms with Crippen LogP contribution in [0.4, 0.5) is 0 Å². The quantitative estimate of drug-likeness (QED) is 0.653. The number of benzene rings is 1. The maximum atomic E-state index is 11.2. The molecule has 0 aliphatic carbocycles. The van der Waals surface area contributed by atoms with Gasteiger partial charge in [0.15, 0.2) is 5.78 Å². The first-order chi connectivity index (χ1) is 6.09. The largest absolute Gasteiger partial charge is 0.481 e. The van der Waals surface area contributed by atoms with E-state index in [-0.39, 0.29) is 5.78 Å². The molecule has 0 heterocycles. The molecule has 0 aliphatic rings. The Balaban J connectivity index is 2.78. The zero-order chi connectivity index (χ0) is 9.84. The van der Waals surface area contributed by atoms with Crippen LogP contribution in [0.15, 0.2) is 28.7 Å². The Hall–Kier alpha value is -1.16. The third-order valence-electron chi connectivity index (χ3n) is 1.48. The molecule has 3 nitrogen and oxygen atoms in total. The lowest BCUT2D eigenvalue weighted by molar-refractivity contribution is -0.135. The minimum atomic E-state index is -1.10. The predicted octanol–water partition coefficient (Wildman–Crippen LogP) is 2.11. The van der Waals surface area contributed by atoms with Crippen molar-refractivity contribution in [2.45, 2.75) is 6.42 Å². The van der Waals surface area contributed by atoms with Gasteiger partial charge in [-0.15, -0.1) is 0 Å². The summed E-state index contributed by atoms with van der Waals surface area (Å²) < 4.78 is 0.861. The van der Waals surface area contributed by atoms with Gasteiger partial charge in [-0.1, -0.05) is 28.1 Å². The summed E-state index contributed by atoms with van der Waals surface area (Å²) >= 11 is 3.22. The van der Waals surface area contributed by atoms with Crippen LogP contribution < -0.4 is 0 Å². The fourth-order valence-corrected chi connectivity index (χ4v) is 1.14. The molecule has 0 aromatic heterocycles. The van der Waals surface area contributed by atoms with E-state index >= 15 is 0 Å². The Morgan fingerprint density at radius 2 is 1.77 bits per heavy atom. The second-order valence-electron chi connectivity index (χ2n) is 2.50. The number of Topliss-reactive ketones (excluding diaryl/α,β-unsaturated/α-hetero) is 1. The lowest BCUT2D eigenvalue weighted by Crippen LogP contribution is -2.06. The van der Waals surface area contributed by atoms with Gasteiger partial charge >= 0.3 is 5.97 Å². The predicted molar refractivity (Wildman–Crippen MR) is 50.7 cm³/mol. The smallest absolute Gasteiger partial charge is 0.311 e. The van der Waals surface area contributed by atoms with Crippen LogP contribution in [0, 0.1) is 0 Å². The molecule has 0 amide bonds. The molecule has 1 aromatic carbocycles. The number of carboxylic acids is 1. The van der Waals surface area contributed by atoms with Gasteiger partial charge in [0.25, 0.3) is 0 Å². The third-order valence-corrected chi connectivity index (χ3v) is 2.01. The molecule has 1 aromatic rings. The highest BCUT2D eigenvalue weighted by atomic mass is 79.9. The monoisotopic (exact) mass is 242 g/mol. The Morgan fingerprint density at radius 3 is 2.23 bits per heavy atom.